The van der Waals surface area contributed by atoms with E-state index >= 15 is 0 Å². The van der Waals surface area contributed by atoms with Crippen LogP contribution in [0.15, 0.2) is 64.8 Å². The number of primary amides is 1. The molecule has 0 saturated carbocycles. The second-order valence-corrected chi connectivity index (χ2v) is 11.0. The van der Waals surface area contributed by atoms with E-state index in [9.17, 15) is 55.4 Å². The van der Waals surface area contributed by atoms with Gasteiger partial charge in [0.2, 0.25) is 23.6 Å². The Morgan fingerprint density at radius 2 is 1.38 bits per heavy atom. The van der Waals surface area contributed by atoms with E-state index in [4.69, 9.17) is 5.73 Å². The van der Waals surface area contributed by atoms with Crippen LogP contribution >= 0.6 is 0 Å². The van der Waals surface area contributed by atoms with Crippen molar-refractivity contribution in [1.29, 1.82) is 0 Å². The predicted octanol–water partition coefficient (Wildman–Crippen LogP) is 2.53. The molecular formula is C31H37F6N7O6. The van der Waals surface area contributed by atoms with E-state index in [2.05, 4.69) is 40.0 Å². The summed E-state index contributed by atoms with van der Waals surface area (Å²) in [6, 6.07) is 9.13. The van der Waals surface area contributed by atoms with Crippen molar-refractivity contribution in [3.63, 3.8) is 0 Å². The van der Waals surface area contributed by atoms with Crippen LogP contribution in [0.2, 0.25) is 0 Å². The Kier molecular flexibility index (Phi) is 14.9. The Morgan fingerprint density at radius 1 is 0.840 bits per heavy atom. The fraction of sp³-hybridized carbons (Fsp3) is 0.452. The van der Waals surface area contributed by atoms with Crippen molar-refractivity contribution < 1.29 is 55.4 Å². The fourth-order valence-corrected chi connectivity index (χ4v) is 4.25. The van der Waals surface area contributed by atoms with Crippen molar-refractivity contribution in [3.05, 3.63) is 71.3 Å². The highest BCUT2D eigenvalue weighted by Gasteiger charge is 2.65. The van der Waals surface area contributed by atoms with Crippen LogP contribution in [0.5, 0.6) is 0 Å². The molecule has 5 amide bonds. The normalized spacial score (nSPS) is 14.9. The number of benzene rings is 2. The minimum atomic E-state index is -5.14. The second-order valence-electron chi connectivity index (χ2n) is 11.0. The van der Waals surface area contributed by atoms with Crippen molar-refractivity contribution in [2.75, 3.05) is 13.1 Å². The number of alkyl halides is 6. The van der Waals surface area contributed by atoms with E-state index in [1.807, 2.05) is 5.32 Å². The standard InChI is InChI=1S/C28H29F6N7O6.C3H8/c29-27(30,31)23(45)18(10-11-20(35)42)38-21(43)14-37-25(47)19(12-15-4-2-1-3-5-15)39-22(44)13-36-24(46)16-6-8-17(9-7-16)26(40-41-26)28(32,33)34;1-3-2/h1-9,18-19,23,45H,10-14H2,(H2,35,42)(H,36,46)(H,37,47)(H,38,43)(H,39,44);3H2,1-2H3. The molecule has 2 aromatic rings. The summed E-state index contributed by atoms with van der Waals surface area (Å²) in [6.07, 6.45) is -13.0. The maximum Gasteiger partial charge on any atom is 0.442 e. The van der Waals surface area contributed by atoms with Crippen LogP contribution in [0.4, 0.5) is 26.3 Å². The molecule has 2 aromatic carbocycles. The van der Waals surface area contributed by atoms with Crippen LogP contribution in [0.25, 0.3) is 0 Å². The molecule has 0 aromatic heterocycles. The van der Waals surface area contributed by atoms with E-state index in [-0.39, 0.29) is 17.5 Å². The summed E-state index contributed by atoms with van der Waals surface area (Å²) in [5, 5.41) is 24.4. The summed E-state index contributed by atoms with van der Waals surface area (Å²) in [5.41, 5.74) is 2.44. The van der Waals surface area contributed by atoms with Gasteiger partial charge in [0.1, 0.15) is 6.04 Å². The van der Waals surface area contributed by atoms with Crippen LogP contribution in [0.1, 0.15) is 54.6 Å². The third-order valence-electron chi connectivity index (χ3n) is 6.78. The molecule has 3 atom stereocenters. The molecule has 50 heavy (non-hydrogen) atoms. The van der Waals surface area contributed by atoms with Gasteiger partial charge in [-0.25, -0.2) is 0 Å². The van der Waals surface area contributed by atoms with Gasteiger partial charge >= 0.3 is 18.0 Å². The van der Waals surface area contributed by atoms with Gasteiger partial charge in [-0.3, -0.25) is 24.0 Å². The lowest BCUT2D eigenvalue weighted by atomic mass is 10.0. The van der Waals surface area contributed by atoms with Crippen molar-refractivity contribution in [2.24, 2.45) is 16.0 Å². The molecule has 0 bridgehead atoms. The molecule has 7 N–H and O–H groups in total. The largest absolute Gasteiger partial charge is 0.442 e. The maximum absolute atomic E-state index is 13.2. The highest BCUT2D eigenvalue weighted by molar-refractivity contribution is 5.97. The van der Waals surface area contributed by atoms with Gasteiger partial charge in [0.15, 0.2) is 6.10 Å². The molecule has 0 spiro atoms. The number of hydrogen-bond acceptors (Lipinski definition) is 8. The van der Waals surface area contributed by atoms with E-state index in [0.717, 1.165) is 24.3 Å². The van der Waals surface area contributed by atoms with Crippen LogP contribution < -0.4 is 27.0 Å². The smallest absolute Gasteiger partial charge is 0.382 e. The van der Waals surface area contributed by atoms with Gasteiger partial charge in [-0.1, -0.05) is 62.7 Å². The first-order chi connectivity index (χ1) is 23.3. The average Bonchev–Trinajstić information content (AvgIpc) is 3.87. The monoisotopic (exact) mass is 717 g/mol. The third kappa shape index (κ3) is 12.4. The molecule has 19 heteroatoms. The van der Waals surface area contributed by atoms with Crippen molar-refractivity contribution in [3.8, 4) is 0 Å². The second kappa shape index (κ2) is 18.1. The van der Waals surface area contributed by atoms with E-state index in [1.165, 1.54) is 6.42 Å². The summed E-state index contributed by atoms with van der Waals surface area (Å²) in [4.78, 5) is 61.5. The highest BCUT2D eigenvalue weighted by atomic mass is 19.4. The van der Waals surface area contributed by atoms with Gasteiger partial charge < -0.3 is 32.1 Å². The Hall–Kier alpha value is -5.07. The molecule has 0 saturated heterocycles. The number of hydrogen-bond donors (Lipinski definition) is 6. The number of nitrogens with two attached hydrogens (primary N) is 1. The molecule has 13 nitrogen and oxygen atoms in total. The summed E-state index contributed by atoms with van der Waals surface area (Å²) >= 11 is 0. The summed E-state index contributed by atoms with van der Waals surface area (Å²) in [5.74, 6) is -4.75. The number of carbonyl (C=O) groups is 5. The van der Waals surface area contributed by atoms with Crippen molar-refractivity contribution in [1.82, 2.24) is 21.3 Å². The zero-order valence-corrected chi connectivity index (χ0v) is 26.9. The third-order valence-corrected chi connectivity index (χ3v) is 6.78. The maximum atomic E-state index is 13.2. The van der Waals surface area contributed by atoms with E-state index < -0.39 is 91.7 Å². The molecule has 0 fully saturated rings. The molecule has 0 radical (unpaired) electrons. The Balaban J connectivity index is 0.00000278. The number of rotatable bonds is 15. The summed E-state index contributed by atoms with van der Waals surface area (Å²) < 4.78 is 78.7. The van der Waals surface area contributed by atoms with Crippen LogP contribution in [0.3, 0.4) is 0 Å². The highest BCUT2D eigenvalue weighted by Crippen LogP contribution is 2.52. The first-order valence-corrected chi connectivity index (χ1v) is 15.2. The zero-order valence-electron chi connectivity index (χ0n) is 26.9. The minimum Gasteiger partial charge on any atom is -0.382 e. The first kappa shape index (κ1) is 41.1. The van der Waals surface area contributed by atoms with Gasteiger partial charge in [0.25, 0.3) is 5.91 Å². The average molecular weight is 718 g/mol. The van der Waals surface area contributed by atoms with Crippen LogP contribution in [-0.2, 0) is 31.3 Å². The lowest BCUT2D eigenvalue weighted by molar-refractivity contribution is -0.212. The molecule has 274 valence electrons. The topological polar surface area (TPSA) is 204 Å². The summed E-state index contributed by atoms with van der Waals surface area (Å²) in [7, 11) is 0. The quantitative estimate of drug-likeness (QED) is 0.153. The zero-order chi connectivity index (χ0) is 37.7. The fourth-order valence-electron chi connectivity index (χ4n) is 4.25. The Morgan fingerprint density at radius 3 is 1.88 bits per heavy atom. The SMILES string of the molecule is CCC.NC(=O)CCC(NC(=O)CNC(=O)C(Cc1ccccc1)NC(=O)CNC(=O)c1ccc(C2(C(F)(F)F)N=N2)cc1)C(O)C(F)(F)F. The van der Waals surface area contributed by atoms with Crippen LogP contribution in [-0.4, -0.2) is 78.3 Å². The molecule has 3 rings (SSSR count). The number of aliphatic hydroxyl groups excluding tert-OH is 1. The number of nitrogens with zero attached hydrogens (tertiary/aromatic N) is 2. The number of nitrogens with one attached hydrogen (secondary N) is 4. The summed E-state index contributed by atoms with van der Waals surface area (Å²) in [6.45, 7) is 2.70. The van der Waals surface area contributed by atoms with Gasteiger partial charge in [-0.15, -0.1) is 10.2 Å². The molecule has 1 aliphatic heterocycles. The molecule has 1 heterocycles. The molecule has 3 unspecified atom stereocenters. The van der Waals surface area contributed by atoms with Gasteiger partial charge in [-0.2, -0.15) is 26.3 Å². The number of halogens is 6. The Labute approximate surface area is 282 Å². The number of aliphatic hydroxyl groups is 1. The molecule has 0 aliphatic carbocycles. The van der Waals surface area contributed by atoms with E-state index in [0.29, 0.717) is 5.56 Å². The Bertz CT molecular complexity index is 1500. The van der Waals surface area contributed by atoms with Crippen molar-refractivity contribution in [2.45, 2.75) is 75.7 Å². The lowest BCUT2D eigenvalue weighted by Gasteiger charge is -2.26. The van der Waals surface area contributed by atoms with Crippen molar-refractivity contribution >= 4 is 29.5 Å². The predicted molar refractivity (Wildman–Crippen MR) is 165 cm³/mol. The molecule has 1 aliphatic rings. The number of amides is 5. The van der Waals surface area contributed by atoms with E-state index in [1.54, 1.807) is 30.3 Å². The van der Waals surface area contributed by atoms with Gasteiger partial charge in [-0.05, 0) is 24.1 Å². The molecular weight excluding hydrogens is 680 g/mol. The first-order valence-electron chi connectivity index (χ1n) is 15.2. The lowest BCUT2D eigenvalue weighted by Crippen LogP contribution is -2.54. The van der Waals surface area contributed by atoms with Gasteiger partial charge in [0, 0.05) is 24.0 Å². The minimum absolute atomic E-state index is 0.0890. The number of carbonyl (C=O) groups excluding carboxylic acids is 5. The van der Waals surface area contributed by atoms with Crippen LogP contribution in [0, 0.1) is 0 Å². The van der Waals surface area contributed by atoms with Gasteiger partial charge in [0.05, 0.1) is 19.1 Å².